The van der Waals surface area contributed by atoms with Crippen LogP contribution in [0.25, 0.3) is 0 Å². The molecule has 0 radical (unpaired) electrons. The summed E-state index contributed by atoms with van der Waals surface area (Å²) in [6, 6.07) is 21.2. The Kier molecular flexibility index (Phi) is 7.68. The maximum absolute atomic E-state index is 13.5. The van der Waals surface area contributed by atoms with Crippen molar-refractivity contribution in [3.63, 3.8) is 0 Å². The molecular weight excluding hydrogens is 403 g/mol. The van der Waals surface area contributed by atoms with Gasteiger partial charge in [-0.3, -0.25) is 9.78 Å². The molecule has 5 heteroatoms. The van der Waals surface area contributed by atoms with Crippen molar-refractivity contribution in [1.29, 1.82) is 0 Å². The number of rotatable bonds is 8. The van der Waals surface area contributed by atoms with Crippen LogP contribution in [0, 0.1) is 0 Å². The summed E-state index contributed by atoms with van der Waals surface area (Å²) < 4.78 is 0. The first-order chi connectivity index (χ1) is 14.1. The monoisotopic (exact) mass is 426 g/mol. The van der Waals surface area contributed by atoms with E-state index in [2.05, 4.69) is 4.98 Å². The standard InChI is InChI=1S/C24H24Cl2N2O/c1-2-22(18-8-4-3-5-9-18)24(29)28(17-21-10-6-7-14-27-21)15-13-19-11-12-20(25)16-23(19)26/h3-12,14,16,22H,2,13,15,17H2,1H3. The van der Waals surface area contributed by atoms with Crippen molar-refractivity contribution < 1.29 is 4.79 Å². The van der Waals surface area contributed by atoms with E-state index in [0.717, 1.165) is 23.2 Å². The summed E-state index contributed by atoms with van der Waals surface area (Å²) in [6.07, 6.45) is 3.14. The molecule has 1 unspecified atom stereocenters. The number of nitrogens with zero attached hydrogens (tertiary/aromatic N) is 2. The predicted molar refractivity (Wildman–Crippen MR) is 119 cm³/mol. The molecule has 0 saturated carbocycles. The zero-order chi connectivity index (χ0) is 20.6. The zero-order valence-electron chi connectivity index (χ0n) is 16.4. The number of hydrogen-bond donors (Lipinski definition) is 0. The number of pyridine rings is 1. The third kappa shape index (κ3) is 5.81. The molecule has 0 fully saturated rings. The minimum atomic E-state index is -0.180. The second kappa shape index (κ2) is 10.4. The Balaban J connectivity index is 1.82. The van der Waals surface area contributed by atoms with E-state index < -0.39 is 0 Å². The van der Waals surface area contributed by atoms with Crippen molar-refractivity contribution in [2.75, 3.05) is 6.54 Å². The van der Waals surface area contributed by atoms with Crippen molar-refractivity contribution in [2.24, 2.45) is 0 Å². The number of benzene rings is 2. The van der Waals surface area contributed by atoms with Gasteiger partial charge in [-0.1, -0.05) is 72.6 Å². The van der Waals surface area contributed by atoms with E-state index in [1.54, 1.807) is 12.3 Å². The summed E-state index contributed by atoms with van der Waals surface area (Å²) in [7, 11) is 0. The van der Waals surface area contributed by atoms with Gasteiger partial charge in [0.2, 0.25) is 5.91 Å². The van der Waals surface area contributed by atoms with Crippen LogP contribution in [0.3, 0.4) is 0 Å². The number of halogens is 2. The Morgan fingerprint density at radius 2 is 1.79 bits per heavy atom. The second-order valence-electron chi connectivity index (χ2n) is 6.94. The first kappa shape index (κ1) is 21.4. The van der Waals surface area contributed by atoms with Crippen LogP contribution < -0.4 is 0 Å². The molecule has 150 valence electrons. The first-order valence-corrected chi connectivity index (χ1v) is 10.5. The molecular formula is C24H24Cl2N2O. The van der Waals surface area contributed by atoms with Crippen LogP contribution in [0.1, 0.15) is 36.1 Å². The van der Waals surface area contributed by atoms with Crippen LogP contribution in [0.15, 0.2) is 72.9 Å². The summed E-state index contributed by atoms with van der Waals surface area (Å²) in [5.74, 6) is -0.0740. The summed E-state index contributed by atoms with van der Waals surface area (Å²) in [6.45, 7) is 3.07. The molecule has 0 aliphatic carbocycles. The lowest BCUT2D eigenvalue weighted by Gasteiger charge is -2.27. The third-order valence-corrected chi connectivity index (χ3v) is 5.55. The van der Waals surface area contributed by atoms with Crippen molar-refractivity contribution >= 4 is 29.1 Å². The molecule has 0 aliphatic rings. The van der Waals surface area contributed by atoms with Crippen LogP contribution in [-0.4, -0.2) is 22.3 Å². The largest absolute Gasteiger partial charge is 0.336 e. The summed E-state index contributed by atoms with van der Waals surface area (Å²) in [5, 5.41) is 1.23. The maximum Gasteiger partial charge on any atom is 0.230 e. The van der Waals surface area contributed by atoms with Crippen molar-refractivity contribution in [2.45, 2.75) is 32.2 Å². The van der Waals surface area contributed by atoms with Crippen molar-refractivity contribution in [3.8, 4) is 0 Å². The van der Waals surface area contributed by atoms with E-state index >= 15 is 0 Å². The van der Waals surface area contributed by atoms with E-state index in [1.165, 1.54) is 0 Å². The van der Waals surface area contributed by atoms with E-state index in [0.29, 0.717) is 29.6 Å². The first-order valence-electron chi connectivity index (χ1n) is 9.76. The van der Waals surface area contributed by atoms with Gasteiger partial charge in [-0.25, -0.2) is 0 Å². The lowest BCUT2D eigenvalue weighted by Crippen LogP contribution is -2.36. The molecule has 1 atom stereocenters. The molecule has 1 aromatic heterocycles. The molecule has 0 saturated heterocycles. The van der Waals surface area contributed by atoms with Crippen LogP contribution in [0.2, 0.25) is 10.0 Å². The number of carbonyl (C=O) groups excluding carboxylic acids is 1. The van der Waals surface area contributed by atoms with Crippen LogP contribution >= 0.6 is 23.2 Å². The predicted octanol–water partition coefficient (Wildman–Crippen LogP) is 6.15. The average Bonchev–Trinajstić information content (AvgIpc) is 2.74. The lowest BCUT2D eigenvalue weighted by molar-refractivity contribution is -0.133. The number of hydrogen-bond acceptors (Lipinski definition) is 2. The highest BCUT2D eigenvalue weighted by molar-refractivity contribution is 6.35. The molecule has 0 spiro atoms. The van der Waals surface area contributed by atoms with Crippen LogP contribution in [0.4, 0.5) is 0 Å². The summed E-state index contributed by atoms with van der Waals surface area (Å²) in [4.78, 5) is 19.8. The van der Waals surface area contributed by atoms with E-state index in [4.69, 9.17) is 23.2 Å². The van der Waals surface area contributed by atoms with Gasteiger partial charge in [0.25, 0.3) is 0 Å². The Labute approximate surface area is 182 Å². The van der Waals surface area contributed by atoms with Crippen LogP contribution in [-0.2, 0) is 17.8 Å². The summed E-state index contributed by atoms with van der Waals surface area (Å²) >= 11 is 12.3. The highest BCUT2D eigenvalue weighted by Gasteiger charge is 2.25. The fourth-order valence-corrected chi connectivity index (χ4v) is 3.90. The maximum atomic E-state index is 13.5. The SMILES string of the molecule is CCC(C(=O)N(CCc1ccc(Cl)cc1Cl)Cc1ccccn1)c1ccccc1. The summed E-state index contributed by atoms with van der Waals surface area (Å²) in [5.41, 5.74) is 2.88. The molecule has 3 nitrogen and oxygen atoms in total. The zero-order valence-corrected chi connectivity index (χ0v) is 17.9. The van der Waals surface area contributed by atoms with Crippen LogP contribution in [0.5, 0.6) is 0 Å². The molecule has 1 heterocycles. The normalized spacial score (nSPS) is 11.8. The van der Waals surface area contributed by atoms with Gasteiger partial charge in [0.05, 0.1) is 18.2 Å². The molecule has 2 aromatic carbocycles. The van der Waals surface area contributed by atoms with E-state index in [1.807, 2.05) is 72.5 Å². The number of amides is 1. The molecule has 3 aromatic rings. The fourth-order valence-electron chi connectivity index (χ4n) is 3.39. The smallest absolute Gasteiger partial charge is 0.230 e. The van der Waals surface area contributed by atoms with Gasteiger partial charge in [-0.15, -0.1) is 0 Å². The fraction of sp³-hybridized carbons (Fsp3) is 0.250. The Morgan fingerprint density at radius 3 is 2.45 bits per heavy atom. The van der Waals surface area contributed by atoms with Crippen molar-refractivity contribution in [3.05, 3.63) is 99.8 Å². The van der Waals surface area contributed by atoms with Gasteiger partial charge in [0, 0.05) is 22.8 Å². The molecule has 3 rings (SSSR count). The number of aromatic nitrogens is 1. The molecule has 0 aliphatic heterocycles. The van der Waals surface area contributed by atoms with E-state index in [9.17, 15) is 4.79 Å². The lowest BCUT2D eigenvalue weighted by atomic mass is 9.94. The second-order valence-corrected chi connectivity index (χ2v) is 7.78. The van der Waals surface area contributed by atoms with Gasteiger partial charge in [-0.05, 0) is 48.2 Å². The minimum Gasteiger partial charge on any atom is -0.336 e. The van der Waals surface area contributed by atoms with Gasteiger partial charge in [0.15, 0.2) is 0 Å². The van der Waals surface area contributed by atoms with Gasteiger partial charge in [0.1, 0.15) is 0 Å². The highest BCUT2D eigenvalue weighted by Crippen LogP contribution is 2.25. The van der Waals surface area contributed by atoms with Gasteiger partial charge in [-0.2, -0.15) is 0 Å². The minimum absolute atomic E-state index is 0.106. The Morgan fingerprint density at radius 1 is 1.03 bits per heavy atom. The van der Waals surface area contributed by atoms with Gasteiger partial charge >= 0.3 is 0 Å². The average molecular weight is 427 g/mol. The molecule has 0 bridgehead atoms. The number of carbonyl (C=O) groups is 1. The molecule has 0 N–H and O–H groups in total. The molecule has 1 amide bonds. The third-order valence-electron chi connectivity index (χ3n) is 4.97. The van der Waals surface area contributed by atoms with Gasteiger partial charge < -0.3 is 4.90 Å². The molecule has 29 heavy (non-hydrogen) atoms. The van der Waals surface area contributed by atoms with E-state index in [-0.39, 0.29) is 11.8 Å². The quantitative estimate of drug-likeness (QED) is 0.432. The Bertz CT molecular complexity index is 932. The topological polar surface area (TPSA) is 33.2 Å². The van der Waals surface area contributed by atoms with Crippen molar-refractivity contribution in [1.82, 2.24) is 9.88 Å². The Hall–Kier alpha value is -2.36. The highest BCUT2D eigenvalue weighted by atomic mass is 35.5.